The van der Waals surface area contributed by atoms with E-state index in [1.165, 1.54) is 18.6 Å². The van der Waals surface area contributed by atoms with Crippen molar-refractivity contribution < 1.29 is 9.18 Å². The Bertz CT molecular complexity index is 1050. The summed E-state index contributed by atoms with van der Waals surface area (Å²) in [4.78, 5) is 19.8. The predicted octanol–water partition coefficient (Wildman–Crippen LogP) is 6.31. The average Bonchev–Trinajstić information content (AvgIpc) is 2.73. The first kappa shape index (κ1) is 19.8. The summed E-state index contributed by atoms with van der Waals surface area (Å²) in [7, 11) is 0. The maximum atomic E-state index is 13.7. The van der Waals surface area contributed by atoms with E-state index in [0.717, 1.165) is 47.7 Å². The van der Waals surface area contributed by atoms with Gasteiger partial charge in [-0.3, -0.25) is 4.79 Å². The number of halogens is 2. The van der Waals surface area contributed by atoms with E-state index < -0.39 is 5.82 Å². The van der Waals surface area contributed by atoms with Crippen molar-refractivity contribution in [2.24, 2.45) is 0 Å². The summed E-state index contributed by atoms with van der Waals surface area (Å²) in [6.45, 7) is 2.38. The number of para-hydroxylation sites is 1. The SMILES string of the molecule is Cc1cccc2cc(CN(C(=O)c3cccc(F)c3)C3CCCCC3)c(Cl)nc12. The molecule has 1 aliphatic carbocycles. The third kappa shape index (κ3) is 4.27. The van der Waals surface area contributed by atoms with Gasteiger partial charge in [-0.2, -0.15) is 0 Å². The molecule has 3 nitrogen and oxygen atoms in total. The lowest BCUT2D eigenvalue weighted by molar-refractivity contribution is 0.0613. The van der Waals surface area contributed by atoms with Gasteiger partial charge in [0.15, 0.2) is 0 Å². The van der Waals surface area contributed by atoms with Gasteiger partial charge >= 0.3 is 0 Å². The highest BCUT2D eigenvalue weighted by Gasteiger charge is 2.27. The van der Waals surface area contributed by atoms with Crippen molar-refractivity contribution in [1.29, 1.82) is 0 Å². The number of fused-ring (bicyclic) bond motifs is 1. The van der Waals surface area contributed by atoms with Crippen LogP contribution in [0.5, 0.6) is 0 Å². The number of carbonyl (C=O) groups is 1. The van der Waals surface area contributed by atoms with Crippen LogP contribution >= 0.6 is 11.6 Å². The van der Waals surface area contributed by atoms with Gasteiger partial charge in [0.05, 0.1) is 5.52 Å². The number of carbonyl (C=O) groups excluding carboxylic acids is 1. The van der Waals surface area contributed by atoms with E-state index in [-0.39, 0.29) is 11.9 Å². The first-order valence-electron chi connectivity index (χ1n) is 10.1. The minimum Gasteiger partial charge on any atom is -0.331 e. The number of aromatic nitrogens is 1. The molecular weight excluding hydrogens is 387 g/mol. The smallest absolute Gasteiger partial charge is 0.254 e. The zero-order valence-electron chi connectivity index (χ0n) is 16.5. The second kappa shape index (κ2) is 8.50. The molecule has 0 saturated heterocycles. The normalized spacial score (nSPS) is 14.9. The monoisotopic (exact) mass is 410 g/mol. The van der Waals surface area contributed by atoms with Crippen LogP contribution in [0.4, 0.5) is 4.39 Å². The molecule has 0 spiro atoms. The van der Waals surface area contributed by atoms with E-state index in [2.05, 4.69) is 4.98 Å². The molecule has 1 aliphatic rings. The molecule has 0 atom stereocenters. The van der Waals surface area contributed by atoms with Crippen molar-refractivity contribution in [3.63, 3.8) is 0 Å². The van der Waals surface area contributed by atoms with Crippen molar-refractivity contribution in [1.82, 2.24) is 9.88 Å². The number of nitrogens with zero attached hydrogens (tertiary/aromatic N) is 2. The van der Waals surface area contributed by atoms with Gasteiger partial charge in [0.25, 0.3) is 5.91 Å². The van der Waals surface area contributed by atoms with Gasteiger partial charge in [0.2, 0.25) is 0 Å². The summed E-state index contributed by atoms with van der Waals surface area (Å²) >= 11 is 6.53. The van der Waals surface area contributed by atoms with E-state index in [4.69, 9.17) is 11.6 Å². The van der Waals surface area contributed by atoms with Crippen molar-refractivity contribution in [2.75, 3.05) is 0 Å². The molecule has 2 aromatic carbocycles. The molecule has 150 valence electrons. The van der Waals surface area contributed by atoms with E-state index in [1.54, 1.807) is 12.1 Å². The number of amides is 1. The van der Waals surface area contributed by atoms with Crippen LogP contribution in [0.2, 0.25) is 5.15 Å². The minimum absolute atomic E-state index is 0.129. The standard InChI is InChI=1S/C24H24ClFN2O/c1-16-7-5-8-17-13-19(23(25)27-22(16)17)15-28(21-11-3-2-4-12-21)24(29)18-9-6-10-20(26)14-18/h5-10,13-14,21H,2-4,11-12,15H2,1H3. The van der Waals surface area contributed by atoms with Crippen LogP contribution in [0.25, 0.3) is 10.9 Å². The van der Waals surface area contributed by atoms with Crippen LogP contribution in [0.15, 0.2) is 48.5 Å². The number of hydrogen-bond acceptors (Lipinski definition) is 2. The van der Waals surface area contributed by atoms with Crippen LogP contribution in [0.1, 0.15) is 53.6 Å². The summed E-state index contributed by atoms with van der Waals surface area (Å²) in [5.41, 5.74) is 3.13. The molecule has 4 rings (SSSR count). The Labute approximate surface area is 175 Å². The van der Waals surface area contributed by atoms with E-state index in [9.17, 15) is 9.18 Å². The summed E-state index contributed by atoms with van der Waals surface area (Å²) in [5.74, 6) is -0.558. The molecule has 1 heterocycles. The second-order valence-electron chi connectivity index (χ2n) is 7.82. The van der Waals surface area contributed by atoms with Gasteiger partial charge < -0.3 is 4.90 Å². The topological polar surface area (TPSA) is 33.2 Å². The molecule has 1 fully saturated rings. The number of rotatable bonds is 4. The Hall–Kier alpha value is -2.46. The maximum Gasteiger partial charge on any atom is 0.254 e. The molecule has 0 aliphatic heterocycles. The van der Waals surface area contributed by atoms with Crippen LogP contribution in [-0.2, 0) is 6.54 Å². The fraction of sp³-hybridized carbons (Fsp3) is 0.333. The largest absolute Gasteiger partial charge is 0.331 e. The van der Waals surface area contributed by atoms with Gasteiger partial charge in [0, 0.05) is 29.1 Å². The zero-order chi connectivity index (χ0) is 20.4. The quantitative estimate of drug-likeness (QED) is 0.472. The van der Waals surface area contributed by atoms with Gasteiger partial charge in [-0.1, -0.05) is 55.1 Å². The number of hydrogen-bond donors (Lipinski definition) is 0. The Morgan fingerprint density at radius 1 is 1.14 bits per heavy atom. The second-order valence-corrected chi connectivity index (χ2v) is 8.18. The van der Waals surface area contributed by atoms with E-state index >= 15 is 0 Å². The molecule has 0 bridgehead atoms. The van der Waals surface area contributed by atoms with Crippen LogP contribution in [-0.4, -0.2) is 21.8 Å². The molecule has 1 aromatic heterocycles. The van der Waals surface area contributed by atoms with Gasteiger partial charge in [-0.15, -0.1) is 0 Å². The highest BCUT2D eigenvalue weighted by atomic mass is 35.5. The molecule has 0 N–H and O–H groups in total. The lowest BCUT2D eigenvalue weighted by Gasteiger charge is -2.35. The zero-order valence-corrected chi connectivity index (χ0v) is 17.3. The van der Waals surface area contributed by atoms with Crippen molar-refractivity contribution >= 4 is 28.4 Å². The Morgan fingerprint density at radius 3 is 2.66 bits per heavy atom. The molecule has 1 amide bonds. The predicted molar refractivity (Wildman–Crippen MR) is 115 cm³/mol. The van der Waals surface area contributed by atoms with Crippen molar-refractivity contribution in [3.8, 4) is 0 Å². The van der Waals surface area contributed by atoms with Gasteiger partial charge in [-0.25, -0.2) is 9.37 Å². The van der Waals surface area contributed by atoms with E-state index in [0.29, 0.717) is 17.3 Å². The van der Waals surface area contributed by atoms with E-state index in [1.807, 2.05) is 36.1 Å². The third-order valence-electron chi connectivity index (χ3n) is 5.76. The molecule has 29 heavy (non-hydrogen) atoms. The van der Waals surface area contributed by atoms with Crippen molar-refractivity contribution in [2.45, 2.75) is 51.6 Å². The molecule has 0 unspecified atom stereocenters. The summed E-state index contributed by atoms with van der Waals surface area (Å²) in [5, 5.41) is 1.42. The highest BCUT2D eigenvalue weighted by molar-refractivity contribution is 6.30. The summed E-state index contributed by atoms with van der Waals surface area (Å²) < 4.78 is 13.7. The average molecular weight is 411 g/mol. The maximum absolute atomic E-state index is 13.7. The van der Waals surface area contributed by atoms with Crippen molar-refractivity contribution in [3.05, 3.63) is 76.2 Å². The summed E-state index contributed by atoms with van der Waals surface area (Å²) in [6, 6.07) is 14.1. The fourth-order valence-electron chi connectivity index (χ4n) is 4.21. The van der Waals surface area contributed by atoms with Gasteiger partial charge in [-0.05, 0) is 49.6 Å². The highest BCUT2D eigenvalue weighted by Crippen LogP contribution is 2.29. The molecule has 5 heteroatoms. The molecule has 1 saturated carbocycles. The Morgan fingerprint density at radius 2 is 1.90 bits per heavy atom. The first-order chi connectivity index (χ1) is 14.0. The van der Waals surface area contributed by atoms with Gasteiger partial charge in [0.1, 0.15) is 11.0 Å². The summed E-state index contributed by atoms with van der Waals surface area (Å²) in [6.07, 6.45) is 5.30. The fourth-order valence-corrected chi connectivity index (χ4v) is 4.41. The lowest BCUT2D eigenvalue weighted by Crippen LogP contribution is -2.41. The first-order valence-corrected chi connectivity index (χ1v) is 10.5. The Kier molecular flexibility index (Phi) is 5.81. The number of pyridine rings is 1. The van der Waals surface area contributed by atoms with Crippen LogP contribution in [0.3, 0.4) is 0 Å². The van der Waals surface area contributed by atoms with Crippen LogP contribution in [0, 0.1) is 12.7 Å². The molecule has 3 aromatic rings. The molecule has 0 radical (unpaired) electrons. The van der Waals surface area contributed by atoms with Crippen LogP contribution < -0.4 is 0 Å². The minimum atomic E-state index is -0.402. The molecular formula is C24H24ClFN2O. The third-order valence-corrected chi connectivity index (χ3v) is 6.09. The lowest BCUT2D eigenvalue weighted by atomic mass is 9.93. The Balaban J connectivity index is 1.71. The number of aryl methyl sites for hydroxylation is 1. The number of benzene rings is 2.